The van der Waals surface area contributed by atoms with Gasteiger partial charge >= 0.3 is 0 Å². The highest BCUT2D eigenvalue weighted by molar-refractivity contribution is 5.89. The number of hydrogen-bond acceptors (Lipinski definition) is 5. The molecule has 1 atom stereocenters. The average molecular weight is 402 g/mol. The van der Waals surface area contributed by atoms with Gasteiger partial charge in [-0.1, -0.05) is 12.1 Å². The van der Waals surface area contributed by atoms with Crippen molar-refractivity contribution in [2.75, 3.05) is 26.7 Å². The van der Waals surface area contributed by atoms with Crippen LogP contribution in [0.1, 0.15) is 24.2 Å². The van der Waals surface area contributed by atoms with E-state index in [9.17, 15) is 0 Å². The third-order valence-electron chi connectivity index (χ3n) is 5.56. The molecule has 0 spiro atoms. The molecule has 1 saturated heterocycles. The van der Waals surface area contributed by atoms with Gasteiger partial charge in [0.25, 0.3) is 0 Å². The maximum atomic E-state index is 6.06. The highest BCUT2D eigenvalue weighted by Gasteiger charge is 2.18. The lowest BCUT2D eigenvalue weighted by Gasteiger charge is -2.19. The molecule has 2 aliphatic heterocycles. The fourth-order valence-electron chi connectivity index (χ4n) is 4.04. The normalized spacial score (nSPS) is 18.5. The van der Waals surface area contributed by atoms with Gasteiger partial charge in [-0.25, -0.2) is 4.98 Å². The van der Waals surface area contributed by atoms with Gasteiger partial charge in [-0.05, 0) is 61.4 Å². The Kier molecular flexibility index (Phi) is 5.34. The predicted molar refractivity (Wildman–Crippen MR) is 119 cm³/mol. The van der Waals surface area contributed by atoms with Crippen molar-refractivity contribution in [3.8, 4) is 11.5 Å². The molecule has 2 aromatic carbocycles. The summed E-state index contributed by atoms with van der Waals surface area (Å²) in [5, 5.41) is 0. The van der Waals surface area contributed by atoms with Crippen LogP contribution in [0.15, 0.2) is 53.5 Å². The number of fused-ring (bicyclic) bond motifs is 1. The van der Waals surface area contributed by atoms with E-state index >= 15 is 0 Å². The Morgan fingerprint density at radius 1 is 1.17 bits per heavy atom. The van der Waals surface area contributed by atoms with E-state index in [-0.39, 0.29) is 0 Å². The van der Waals surface area contributed by atoms with Crippen molar-refractivity contribution in [2.24, 2.45) is 4.99 Å². The van der Waals surface area contributed by atoms with Gasteiger partial charge in [0.15, 0.2) is 0 Å². The lowest BCUT2D eigenvalue weighted by molar-refractivity contribution is 0.0787. The first-order valence-corrected chi connectivity index (χ1v) is 10.5. The number of imidazole rings is 1. The van der Waals surface area contributed by atoms with Gasteiger partial charge in [0.05, 0.1) is 30.2 Å². The molecule has 0 bridgehead atoms. The lowest BCUT2D eigenvalue weighted by atomic mass is 10.1. The van der Waals surface area contributed by atoms with Crippen LogP contribution < -0.4 is 4.74 Å². The van der Waals surface area contributed by atoms with E-state index in [0.29, 0.717) is 6.10 Å². The van der Waals surface area contributed by atoms with Gasteiger partial charge in [0.1, 0.15) is 17.3 Å². The van der Waals surface area contributed by atoms with E-state index in [2.05, 4.69) is 40.1 Å². The second kappa shape index (κ2) is 8.42. The molecule has 3 aromatic rings. The zero-order valence-corrected chi connectivity index (χ0v) is 17.2. The van der Waals surface area contributed by atoms with E-state index in [4.69, 9.17) is 14.5 Å². The lowest BCUT2D eigenvalue weighted by Crippen LogP contribution is -2.28. The second-order valence-corrected chi connectivity index (χ2v) is 8.00. The van der Waals surface area contributed by atoms with Gasteiger partial charge in [-0.15, -0.1) is 0 Å². The van der Waals surface area contributed by atoms with E-state index in [1.807, 2.05) is 36.5 Å². The molecule has 0 amide bonds. The van der Waals surface area contributed by atoms with Gasteiger partial charge in [0.2, 0.25) is 0 Å². The molecule has 5 rings (SSSR count). The van der Waals surface area contributed by atoms with Crippen LogP contribution in [-0.2, 0) is 11.3 Å². The molecule has 1 aromatic heterocycles. The summed E-state index contributed by atoms with van der Waals surface area (Å²) in [7, 11) is 2.11. The molecule has 154 valence electrons. The van der Waals surface area contributed by atoms with E-state index in [0.717, 1.165) is 61.0 Å². The monoisotopic (exact) mass is 402 g/mol. The third-order valence-corrected chi connectivity index (χ3v) is 5.56. The molecule has 1 fully saturated rings. The number of nitrogens with one attached hydrogen (secondary N) is 1. The Labute approximate surface area is 176 Å². The third kappa shape index (κ3) is 4.30. The number of nitrogens with zero attached hydrogens (tertiary/aromatic N) is 3. The predicted octanol–water partition coefficient (Wildman–Crippen LogP) is 4.43. The summed E-state index contributed by atoms with van der Waals surface area (Å²) in [6.07, 6.45) is 6.58. The highest BCUT2D eigenvalue weighted by atomic mass is 16.5. The molecular formula is C24H26N4O2. The summed E-state index contributed by atoms with van der Waals surface area (Å²) >= 11 is 0. The minimum absolute atomic E-state index is 0.350. The number of ether oxygens (including phenoxy) is 2. The van der Waals surface area contributed by atoms with E-state index in [1.54, 1.807) is 0 Å². The van der Waals surface area contributed by atoms with Crippen molar-refractivity contribution in [2.45, 2.75) is 25.5 Å². The Bertz CT molecular complexity index is 1080. The first-order valence-electron chi connectivity index (χ1n) is 10.5. The minimum atomic E-state index is 0.350. The van der Waals surface area contributed by atoms with Crippen LogP contribution >= 0.6 is 0 Å². The van der Waals surface area contributed by atoms with Crippen molar-refractivity contribution in [3.63, 3.8) is 0 Å². The smallest absolute Gasteiger partial charge is 0.129 e. The molecular weight excluding hydrogens is 376 g/mol. The molecule has 6 heteroatoms. The first-order chi connectivity index (χ1) is 14.7. The number of rotatable bonds is 7. The van der Waals surface area contributed by atoms with Gasteiger partial charge < -0.3 is 14.5 Å². The number of benzene rings is 2. The number of aromatic amines is 1. The van der Waals surface area contributed by atoms with E-state index in [1.165, 1.54) is 17.6 Å². The summed E-state index contributed by atoms with van der Waals surface area (Å²) in [6.45, 7) is 3.35. The molecule has 3 heterocycles. The summed E-state index contributed by atoms with van der Waals surface area (Å²) in [5.74, 6) is 2.56. The molecule has 0 saturated carbocycles. The molecule has 2 aliphatic rings. The fourth-order valence-corrected chi connectivity index (χ4v) is 4.04. The number of aliphatic imine (C=N–C) groups is 1. The number of H-pyrrole nitrogens is 1. The molecule has 0 unspecified atom stereocenters. The second-order valence-electron chi connectivity index (χ2n) is 8.00. The van der Waals surface area contributed by atoms with Crippen LogP contribution in [0.5, 0.6) is 11.5 Å². The summed E-state index contributed by atoms with van der Waals surface area (Å²) < 4.78 is 11.8. The zero-order valence-electron chi connectivity index (χ0n) is 17.2. The highest BCUT2D eigenvalue weighted by Crippen LogP contribution is 2.27. The standard InChI is InChI=1S/C24H26N4O2/c1-28(15-21-3-2-12-29-21)16-24-26-22-9-8-20(13-23(22)27-24)30-19-6-4-17(5-7-19)18-10-11-25-14-18/h4-11,13,21H,2-3,12,14-16H2,1H3,(H,26,27)/t21-/m1/s1. The number of aromatic nitrogens is 2. The minimum Gasteiger partial charge on any atom is -0.457 e. The Hall–Kier alpha value is -2.96. The van der Waals surface area contributed by atoms with Crippen LogP contribution in [0.2, 0.25) is 0 Å². The van der Waals surface area contributed by atoms with E-state index < -0.39 is 0 Å². The molecule has 6 nitrogen and oxygen atoms in total. The summed E-state index contributed by atoms with van der Waals surface area (Å²) in [6, 6.07) is 14.1. The number of likely N-dealkylation sites (N-methyl/N-ethyl adjacent to an activating group) is 1. The first kappa shape index (κ1) is 19.0. The van der Waals surface area contributed by atoms with Crippen LogP contribution in [0.3, 0.4) is 0 Å². The van der Waals surface area contributed by atoms with Crippen molar-refractivity contribution in [1.82, 2.24) is 14.9 Å². The quantitative estimate of drug-likeness (QED) is 0.635. The topological polar surface area (TPSA) is 62.7 Å². The van der Waals surface area contributed by atoms with Gasteiger partial charge in [0, 0.05) is 25.4 Å². The Morgan fingerprint density at radius 2 is 2.03 bits per heavy atom. The Balaban J connectivity index is 1.24. The van der Waals surface area contributed by atoms with Crippen LogP contribution in [-0.4, -0.2) is 53.9 Å². The SMILES string of the molecule is CN(Cc1nc2ccc(Oc3ccc(C4=CC=NC4)cc3)cc2[nH]1)C[C@H]1CCCO1. The van der Waals surface area contributed by atoms with Crippen LogP contribution in [0, 0.1) is 0 Å². The van der Waals surface area contributed by atoms with Crippen molar-refractivity contribution in [3.05, 3.63) is 59.9 Å². The largest absolute Gasteiger partial charge is 0.457 e. The zero-order chi connectivity index (χ0) is 20.3. The molecule has 0 aliphatic carbocycles. The average Bonchev–Trinajstić information content (AvgIpc) is 3.50. The van der Waals surface area contributed by atoms with Gasteiger partial charge in [-0.2, -0.15) is 0 Å². The summed E-state index contributed by atoms with van der Waals surface area (Å²) in [5.41, 5.74) is 4.35. The summed E-state index contributed by atoms with van der Waals surface area (Å²) in [4.78, 5) is 14.6. The van der Waals surface area contributed by atoms with Crippen molar-refractivity contribution < 1.29 is 9.47 Å². The maximum Gasteiger partial charge on any atom is 0.129 e. The fraction of sp³-hybridized carbons (Fsp3) is 0.333. The number of hydrogen-bond donors (Lipinski definition) is 1. The van der Waals surface area contributed by atoms with Crippen LogP contribution in [0.4, 0.5) is 0 Å². The molecule has 30 heavy (non-hydrogen) atoms. The maximum absolute atomic E-state index is 6.06. The van der Waals surface area contributed by atoms with Crippen molar-refractivity contribution >= 4 is 22.8 Å². The van der Waals surface area contributed by atoms with Crippen LogP contribution in [0.25, 0.3) is 16.6 Å². The number of allylic oxidation sites excluding steroid dienone is 1. The molecule has 0 radical (unpaired) electrons. The molecule has 1 N–H and O–H groups in total. The Morgan fingerprint density at radius 3 is 2.80 bits per heavy atom. The van der Waals surface area contributed by atoms with Crippen molar-refractivity contribution in [1.29, 1.82) is 0 Å². The van der Waals surface area contributed by atoms with Gasteiger partial charge in [-0.3, -0.25) is 9.89 Å².